The van der Waals surface area contributed by atoms with E-state index in [0.29, 0.717) is 24.2 Å². The van der Waals surface area contributed by atoms with Crippen LogP contribution in [0.2, 0.25) is 0 Å². The second-order valence-corrected chi connectivity index (χ2v) is 15.9. The number of hydrogen-bond donors (Lipinski definition) is 5. The van der Waals surface area contributed by atoms with E-state index in [1.165, 1.54) is 89.9 Å². The van der Waals surface area contributed by atoms with Crippen LogP contribution in [-0.4, -0.2) is 73.4 Å². The molecule has 4 aliphatic carbocycles. The van der Waals surface area contributed by atoms with Crippen LogP contribution in [0.25, 0.3) is 0 Å². The van der Waals surface area contributed by atoms with Crippen LogP contribution in [0.5, 0.6) is 0 Å². The summed E-state index contributed by atoms with van der Waals surface area (Å²) in [4.78, 5) is 23.9. The van der Waals surface area contributed by atoms with Crippen molar-refractivity contribution in [2.24, 2.45) is 29.1 Å². The molecule has 2 fully saturated rings. The standard InChI is InChI=1S/C20H28O6.C20H40O2/c1-9-5-13-18(24,15(9)22)7-11(8-21)6-12-14-17(3,4)20(14,26)16(23)10(2)19(12,13)25;1-3-5-6-7-8-9-10-11-12-13-14-15-16-17-18-19-20(21)22-4-2/h5-6,10,12-14,16,21,23-26H,7-8H2,1-4H3;3-19H2,1-2H3/t10-,12+,13-,14-,16-,18+,19+,20+;/m1./s1. The second kappa shape index (κ2) is 17.6. The molecule has 0 aromatic rings. The number of unbranched alkanes of at least 4 members (excludes halogenated alkanes) is 14. The van der Waals surface area contributed by atoms with E-state index in [1.54, 1.807) is 26.0 Å². The van der Waals surface area contributed by atoms with Gasteiger partial charge in [0.25, 0.3) is 0 Å². The van der Waals surface area contributed by atoms with Gasteiger partial charge in [-0.2, -0.15) is 0 Å². The van der Waals surface area contributed by atoms with Gasteiger partial charge in [0.2, 0.25) is 0 Å². The Hall–Kier alpha value is -1.58. The fourth-order valence-corrected chi connectivity index (χ4v) is 9.32. The van der Waals surface area contributed by atoms with E-state index in [1.807, 2.05) is 20.8 Å². The topological polar surface area (TPSA) is 145 Å². The van der Waals surface area contributed by atoms with Crippen molar-refractivity contribution >= 4 is 11.8 Å². The summed E-state index contributed by atoms with van der Waals surface area (Å²) < 4.78 is 4.92. The fraction of sp³-hybridized carbons (Fsp3) is 0.850. The van der Waals surface area contributed by atoms with Gasteiger partial charge in [0, 0.05) is 41.9 Å². The smallest absolute Gasteiger partial charge is 0.305 e. The summed E-state index contributed by atoms with van der Waals surface area (Å²) in [7, 11) is 0. The lowest BCUT2D eigenvalue weighted by molar-refractivity contribution is -0.209. The molecule has 8 nitrogen and oxygen atoms in total. The number of aliphatic hydroxyl groups excluding tert-OH is 2. The molecule has 48 heavy (non-hydrogen) atoms. The number of Topliss-reactive ketones (excluding diaryl/α,β-unsaturated/α-hetero) is 1. The molecule has 0 aliphatic heterocycles. The van der Waals surface area contributed by atoms with Crippen molar-refractivity contribution < 1.29 is 39.9 Å². The molecule has 0 heterocycles. The Morgan fingerprint density at radius 1 is 0.854 bits per heavy atom. The van der Waals surface area contributed by atoms with Gasteiger partial charge in [-0.05, 0) is 31.4 Å². The third kappa shape index (κ3) is 8.30. The van der Waals surface area contributed by atoms with E-state index in [4.69, 9.17) is 4.74 Å². The highest BCUT2D eigenvalue weighted by Gasteiger charge is 2.84. The number of ether oxygens (including phenoxy) is 1. The summed E-state index contributed by atoms with van der Waals surface area (Å²) in [5.41, 5.74) is -4.57. The highest BCUT2D eigenvalue weighted by Crippen LogP contribution is 2.74. The number of hydrogen-bond acceptors (Lipinski definition) is 8. The molecule has 5 N–H and O–H groups in total. The van der Waals surface area contributed by atoms with Crippen LogP contribution in [0.3, 0.4) is 0 Å². The summed E-state index contributed by atoms with van der Waals surface area (Å²) in [6.07, 6.45) is 23.0. The Bertz CT molecular complexity index is 1130. The van der Waals surface area contributed by atoms with E-state index >= 15 is 0 Å². The minimum Gasteiger partial charge on any atom is -0.466 e. The first-order chi connectivity index (χ1) is 22.7. The van der Waals surface area contributed by atoms with E-state index in [2.05, 4.69) is 6.92 Å². The molecule has 0 unspecified atom stereocenters. The van der Waals surface area contributed by atoms with Crippen LogP contribution in [0, 0.1) is 29.1 Å². The van der Waals surface area contributed by atoms with Gasteiger partial charge in [-0.3, -0.25) is 9.59 Å². The molecule has 276 valence electrons. The number of carbonyl (C=O) groups is 2. The van der Waals surface area contributed by atoms with Gasteiger partial charge < -0.3 is 30.3 Å². The largest absolute Gasteiger partial charge is 0.466 e. The summed E-state index contributed by atoms with van der Waals surface area (Å²) >= 11 is 0. The molecule has 8 atom stereocenters. The van der Waals surface area contributed by atoms with Crippen molar-refractivity contribution in [1.82, 2.24) is 0 Å². The summed E-state index contributed by atoms with van der Waals surface area (Å²) in [5, 5.41) is 54.9. The van der Waals surface area contributed by atoms with Crippen molar-refractivity contribution in [2.75, 3.05) is 13.2 Å². The number of carbonyl (C=O) groups excluding carboxylic acids is 2. The Balaban J connectivity index is 0.000000266. The van der Waals surface area contributed by atoms with Crippen molar-refractivity contribution in [3.63, 3.8) is 0 Å². The first kappa shape index (κ1) is 40.8. The zero-order valence-electron chi connectivity index (χ0n) is 30.9. The number of aliphatic hydroxyl groups is 5. The molecule has 8 heteroatoms. The molecular formula is C40H68O8. The lowest BCUT2D eigenvalue weighted by Crippen LogP contribution is -2.65. The lowest BCUT2D eigenvalue weighted by Gasteiger charge is -2.51. The Labute approximate surface area is 290 Å². The minimum atomic E-state index is -1.84. The molecule has 0 aromatic carbocycles. The maximum atomic E-state index is 12.7. The average Bonchev–Trinajstić information content (AvgIpc) is 3.45. The molecule has 0 spiro atoms. The van der Waals surface area contributed by atoms with Crippen molar-refractivity contribution in [1.29, 1.82) is 0 Å². The third-order valence-electron chi connectivity index (χ3n) is 12.3. The Kier molecular flexibility index (Phi) is 15.0. The summed E-state index contributed by atoms with van der Waals surface area (Å²) in [6, 6.07) is 0. The highest BCUT2D eigenvalue weighted by atomic mass is 16.5. The van der Waals surface area contributed by atoms with Gasteiger partial charge in [0.05, 0.1) is 24.9 Å². The lowest BCUT2D eigenvalue weighted by atomic mass is 9.59. The SMILES string of the molecule is CC1=C[C@H]2[C@]3(O)[C@H](C)[C@@H](O)[C@@]4(O)[C@H]([C@@H]3C=C(CO)C[C@@]2(O)C1=O)C4(C)C.CCCCCCCCCCCCCCCCCC(=O)OCC. The van der Waals surface area contributed by atoms with Gasteiger partial charge >= 0.3 is 5.97 Å². The monoisotopic (exact) mass is 676 g/mol. The Morgan fingerprint density at radius 3 is 1.83 bits per heavy atom. The van der Waals surface area contributed by atoms with E-state index < -0.39 is 57.8 Å². The molecule has 4 aliphatic rings. The zero-order valence-corrected chi connectivity index (χ0v) is 30.9. The van der Waals surface area contributed by atoms with Gasteiger partial charge in [-0.1, -0.05) is 130 Å². The number of rotatable bonds is 18. The molecule has 0 saturated heterocycles. The predicted molar refractivity (Wildman–Crippen MR) is 189 cm³/mol. The average molecular weight is 677 g/mol. The van der Waals surface area contributed by atoms with Crippen LogP contribution >= 0.6 is 0 Å². The van der Waals surface area contributed by atoms with E-state index in [-0.39, 0.29) is 19.0 Å². The molecule has 4 rings (SSSR count). The quantitative estimate of drug-likeness (QED) is 0.0610. The van der Waals surface area contributed by atoms with Gasteiger partial charge in [0.1, 0.15) is 11.2 Å². The first-order valence-electron chi connectivity index (χ1n) is 19.2. The minimum absolute atomic E-state index is 0.0304. The number of ketones is 1. The van der Waals surface area contributed by atoms with Crippen molar-refractivity contribution in [2.45, 2.75) is 174 Å². The molecule has 0 amide bonds. The highest BCUT2D eigenvalue weighted by molar-refractivity contribution is 6.04. The van der Waals surface area contributed by atoms with Crippen molar-refractivity contribution in [3.8, 4) is 0 Å². The number of esters is 1. The predicted octanol–water partition coefficient (Wildman–Crippen LogP) is 6.74. The third-order valence-corrected chi connectivity index (χ3v) is 12.3. The van der Waals surface area contributed by atoms with Gasteiger partial charge in [-0.25, -0.2) is 0 Å². The van der Waals surface area contributed by atoms with Crippen LogP contribution in [-0.2, 0) is 14.3 Å². The Morgan fingerprint density at radius 2 is 1.35 bits per heavy atom. The van der Waals surface area contributed by atoms with Gasteiger partial charge in [-0.15, -0.1) is 0 Å². The molecule has 2 saturated carbocycles. The van der Waals surface area contributed by atoms with Crippen molar-refractivity contribution in [3.05, 3.63) is 23.3 Å². The van der Waals surface area contributed by atoms with E-state index in [9.17, 15) is 35.1 Å². The van der Waals surface area contributed by atoms with Crippen LogP contribution in [0.15, 0.2) is 23.3 Å². The summed E-state index contributed by atoms with van der Waals surface area (Å²) in [5.74, 6) is -3.17. The normalized spacial score (nSPS) is 34.5. The summed E-state index contributed by atoms with van der Waals surface area (Å²) in [6.45, 7) is 11.3. The zero-order chi connectivity index (χ0) is 35.8. The maximum Gasteiger partial charge on any atom is 0.305 e. The molecule has 0 bridgehead atoms. The van der Waals surface area contributed by atoms with Crippen LogP contribution < -0.4 is 0 Å². The molecule has 0 aromatic heterocycles. The maximum absolute atomic E-state index is 12.7. The molecular weight excluding hydrogens is 608 g/mol. The number of fused-ring (bicyclic) bond motifs is 5. The fourth-order valence-electron chi connectivity index (χ4n) is 9.32. The second-order valence-electron chi connectivity index (χ2n) is 15.9. The molecule has 0 radical (unpaired) electrons. The first-order valence-corrected chi connectivity index (χ1v) is 19.2. The van der Waals surface area contributed by atoms with Crippen LogP contribution in [0.1, 0.15) is 151 Å². The van der Waals surface area contributed by atoms with Gasteiger partial charge in [0.15, 0.2) is 5.78 Å². The van der Waals surface area contributed by atoms with Crippen LogP contribution in [0.4, 0.5) is 0 Å². The van der Waals surface area contributed by atoms with E-state index in [0.717, 1.165) is 6.42 Å².